The number of aliphatic hydroxyl groups excluding tert-OH is 2. The van der Waals surface area contributed by atoms with Gasteiger partial charge in [-0.2, -0.15) is 13.6 Å². The zero-order valence-corrected chi connectivity index (χ0v) is 20.9. The van der Waals surface area contributed by atoms with Crippen LogP contribution in [0.3, 0.4) is 0 Å². The minimum absolute atomic E-state index is 0. The van der Waals surface area contributed by atoms with Gasteiger partial charge < -0.3 is 45.4 Å². The Bertz CT molecular complexity index is 1160. The van der Waals surface area contributed by atoms with Gasteiger partial charge in [0.15, 0.2) is 11.9 Å². The maximum atomic E-state index is 11.8. The SMILES string of the molecule is Nc1nc([O-])c2ncn([C@@H]3O[C@H](COP(=O)(O)OP(=O)(O)OP(=O)(O)O)[C@@H](O)[C@H]3O)c2n1.[Na+]. The van der Waals surface area contributed by atoms with E-state index in [1.807, 2.05) is 0 Å². The number of phosphoric acid groups is 3. The smallest absolute Gasteiger partial charge is 0.857 e. The van der Waals surface area contributed by atoms with Gasteiger partial charge in [0, 0.05) is 5.88 Å². The van der Waals surface area contributed by atoms with E-state index in [1.165, 1.54) is 0 Å². The van der Waals surface area contributed by atoms with Crippen LogP contribution in [0.4, 0.5) is 5.95 Å². The van der Waals surface area contributed by atoms with Crippen LogP contribution in [0.15, 0.2) is 6.33 Å². The molecule has 0 aliphatic carbocycles. The second-order valence-electron chi connectivity index (χ2n) is 6.14. The molecule has 19 nitrogen and oxygen atoms in total. The zero-order valence-electron chi connectivity index (χ0n) is 16.3. The number of fused-ring (bicyclic) bond motifs is 1. The Kier molecular flexibility index (Phi) is 8.86. The molecular weight excluding hydrogens is 530 g/mol. The number of aromatic nitrogens is 4. The quantitative estimate of drug-likeness (QED) is 0.120. The van der Waals surface area contributed by atoms with E-state index in [0.717, 1.165) is 10.9 Å². The van der Waals surface area contributed by atoms with Crippen molar-refractivity contribution >= 4 is 40.6 Å². The Morgan fingerprint density at radius 1 is 1.09 bits per heavy atom. The number of hydrogen-bond acceptors (Lipinski definition) is 14. The molecule has 0 saturated carbocycles. The molecule has 2 aromatic heterocycles. The van der Waals surface area contributed by atoms with Crippen LogP contribution in [0, 0.1) is 0 Å². The van der Waals surface area contributed by atoms with Crippen molar-refractivity contribution in [2.24, 2.45) is 0 Å². The van der Waals surface area contributed by atoms with Crippen LogP contribution in [0.1, 0.15) is 6.23 Å². The van der Waals surface area contributed by atoms with Gasteiger partial charge in [0.2, 0.25) is 5.95 Å². The van der Waals surface area contributed by atoms with Crippen molar-refractivity contribution < 1.29 is 96.0 Å². The maximum Gasteiger partial charge on any atom is 1.00 e. The van der Waals surface area contributed by atoms with Crippen molar-refractivity contribution in [2.75, 3.05) is 12.3 Å². The fourth-order valence-corrected chi connectivity index (χ4v) is 5.69. The molecule has 33 heavy (non-hydrogen) atoms. The van der Waals surface area contributed by atoms with E-state index in [0.29, 0.717) is 0 Å². The molecule has 3 heterocycles. The van der Waals surface area contributed by atoms with Gasteiger partial charge in [0.1, 0.15) is 23.8 Å². The number of imidazole rings is 1. The van der Waals surface area contributed by atoms with Gasteiger partial charge in [-0.05, 0) is 0 Å². The van der Waals surface area contributed by atoms with Crippen LogP contribution in [0.5, 0.6) is 5.88 Å². The molecule has 6 atom stereocenters. The second-order valence-corrected chi connectivity index (χ2v) is 10.6. The van der Waals surface area contributed by atoms with Crippen molar-refractivity contribution in [1.82, 2.24) is 19.5 Å². The first kappa shape index (κ1) is 28.7. The summed E-state index contributed by atoms with van der Waals surface area (Å²) in [5.41, 5.74) is 5.05. The monoisotopic (exact) mass is 545 g/mol. The van der Waals surface area contributed by atoms with E-state index in [9.17, 15) is 33.9 Å². The zero-order chi connectivity index (χ0) is 24.1. The molecule has 1 aliphatic heterocycles. The van der Waals surface area contributed by atoms with E-state index < -0.39 is 66.4 Å². The molecular formula is C10H15N5NaO14P3. The van der Waals surface area contributed by atoms with Gasteiger partial charge in [-0.1, -0.05) is 0 Å². The molecule has 0 radical (unpaired) electrons. The third kappa shape index (κ3) is 6.99. The maximum absolute atomic E-state index is 11.8. The van der Waals surface area contributed by atoms with Crippen molar-refractivity contribution in [3.63, 3.8) is 0 Å². The van der Waals surface area contributed by atoms with E-state index in [2.05, 4.69) is 28.1 Å². The molecule has 1 fully saturated rings. The average Bonchev–Trinajstić information content (AvgIpc) is 3.12. The van der Waals surface area contributed by atoms with Crippen LogP contribution in [-0.4, -0.2) is 74.2 Å². The van der Waals surface area contributed by atoms with Crippen LogP contribution < -0.4 is 40.4 Å². The van der Waals surface area contributed by atoms with Crippen LogP contribution >= 0.6 is 23.5 Å². The fourth-order valence-electron chi connectivity index (χ4n) is 2.66. The molecule has 1 saturated heterocycles. The number of nitrogen functional groups attached to an aromatic ring is 1. The van der Waals surface area contributed by atoms with Crippen molar-refractivity contribution in [2.45, 2.75) is 24.5 Å². The second kappa shape index (κ2) is 10.2. The largest absolute Gasteiger partial charge is 1.00 e. The number of hydrogen-bond donors (Lipinski definition) is 7. The Labute approximate surface area is 204 Å². The topological polar surface area (TPSA) is 302 Å². The van der Waals surface area contributed by atoms with E-state index in [4.69, 9.17) is 25.2 Å². The number of nitrogens with two attached hydrogens (primary N) is 1. The Morgan fingerprint density at radius 2 is 1.73 bits per heavy atom. The molecule has 0 amide bonds. The first-order valence-corrected chi connectivity index (χ1v) is 12.6. The number of rotatable bonds is 8. The molecule has 0 spiro atoms. The summed E-state index contributed by atoms with van der Waals surface area (Å²) in [4.78, 5) is 46.5. The first-order chi connectivity index (χ1) is 14.6. The minimum Gasteiger partial charge on any atom is -0.857 e. The summed E-state index contributed by atoms with van der Waals surface area (Å²) in [6.45, 7) is -1.02. The molecule has 0 aromatic carbocycles. The van der Waals surface area contributed by atoms with Crippen molar-refractivity contribution in [1.29, 1.82) is 0 Å². The van der Waals surface area contributed by atoms with Crippen molar-refractivity contribution in [3.05, 3.63) is 6.33 Å². The van der Waals surface area contributed by atoms with Gasteiger partial charge in [-0.3, -0.25) is 9.09 Å². The first-order valence-electron chi connectivity index (χ1n) is 8.05. The molecule has 23 heteroatoms. The average molecular weight is 545 g/mol. The van der Waals surface area contributed by atoms with Gasteiger partial charge in [-0.15, -0.1) is 0 Å². The molecule has 2 aromatic rings. The van der Waals surface area contributed by atoms with E-state index in [1.54, 1.807) is 0 Å². The Balaban J connectivity index is 0.00000385. The number of aliphatic hydroxyl groups is 2. The molecule has 3 rings (SSSR count). The number of phosphoric ester groups is 1. The third-order valence-corrected chi connectivity index (χ3v) is 7.64. The van der Waals surface area contributed by atoms with Gasteiger partial charge >= 0.3 is 53.0 Å². The molecule has 0 bridgehead atoms. The summed E-state index contributed by atoms with van der Waals surface area (Å²) >= 11 is 0. The number of ether oxygens (including phenoxy) is 1. The summed E-state index contributed by atoms with van der Waals surface area (Å²) in [7, 11) is -16.8. The van der Waals surface area contributed by atoms with Crippen LogP contribution in [-0.2, 0) is 31.6 Å². The normalized spacial score (nSPS) is 27.1. The number of anilines is 1. The summed E-state index contributed by atoms with van der Waals surface area (Å²) in [5, 5.41) is 32.2. The number of nitrogens with zero attached hydrogens (tertiary/aromatic N) is 4. The standard InChI is InChI=1S/C10H16N5O14P3.Na/c11-10-13-7-4(8(18)14-10)12-2-15(7)9-6(17)5(16)3(27-9)1-26-31(22,23)29-32(24,25)28-30(19,20)21;/h2-3,5-6,9,16-17H,1H2,(H,22,23)(H,24,25)(H2,19,20,21)(H3,11,13,14,18);/q;+1/p-1/t3-,5-,6-,9-;/m1./s1. The van der Waals surface area contributed by atoms with E-state index in [-0.39, 0.29) is 40.7 Å². The molecule has 8 N–H and O–H groups in total. The molecule has 2 unspecified atom stereocenters. The van der Waals surface area contributed by atoms with Crippen LogP contribution in [0.2, 0.25) is 0 Å². The van der Waals surface area contributed by atoms with Gasteiger partial charge in [0.25, 0.3) is 0 Å². The summed E-state index contributed by atoms with van der Waals surface area (Å²) in [5.74, 6) is -1.22. The molecule has 180 valence electrons. The van der Waals surface area contributed by atoms with Crippen LogP contribution in [0.25, 0.3) is 11.2 Å². The predicted molar refractivity (Wildman–Crippen MR) is 94.9 cm³/mol. The minimum atomic E-state index is -5.73. The Morgan fingerprint density at radius 3 is 2.33 bits per heavy atom. The van der Waals surface area contributed by atoms with E-state index >= 15 is 0 Å². The predicted octanol–water partition coefficient (Wildman–Crippen LogP) is -5.55. The summed E-state index contributed by atoms with van der Waals surface area (Å²) < 4.78 is 51.6. The Hall–Kier alpha value is -0.560. The van der Waals surface area contributed by atoms with Crippen molar-refractivity contribution in [3.8, 4) is 5.88 Å². The van der Waals surface area contributed by atoms with Gasteiger partial charge in [0.05, 0.1) is 12.9 Å². The summed E-state index contributed by atoms with van der Waals surface area (Å²) in [6, 6.07) is 0. The third-order valence-electron chi connectivity index (χ3n) is 3.84. The fraction of sp³-hybridized carbons (Fsp3) is 0.500. The molecule has 1 aliphatic rings. The summed E-state index contributed by atoms with van der Waals surface area (Å²) in [6.07, 6.45) is -5.39. The van der Waals surface area contributed by atoms with Gasteiger partial charge in [-0.25, -0.2) is 23.7 Å².